The van der Waals surface area contributed by atoms with E-state index in [4.69, 9.17) is 9.72 Å². The molecule has 2 amide bonds. The van der Waals surface area contributed by atoms with Crippen molar-refractivity contribution < 1.29 is 14.3 Å². The summed E-state index contributed by atoms with van der Waals surface area (Å²) in [7, 11) is 1.63. The molecule has 2 N–H and O–H groups in total. The molecule has 0 atom stereocenters. The number of H-pyrrole nitrogens is 1. The Morgan fingerprint density at radius 1 is 1.16 bits per heavy atom. The summed E-state index contributed by atoms with van der Waals surface area (Å²) >= 11 is 0. The van der Waals surface area contributed by atoms with Gasteiger partial charge in [0.25, 0.3) is 11.8 Å². The van der Waals surface area contributed by atoms with E-state index in [1.54, 1.807) is 19.6 Å². The normalized spacial score (nSPS) is 14.2. The first-order valence-electron chi connectivity index (χ1n) is 12.7. The lowest BCUT2D eigenvalue weighted by Crippen LogP contribution is -2.38. The number of pyridine rings is 1. The van der Waals surface area contributed by atoms with Gasteiger partial charge in [0.05, 0.1) is 24.7 Å². The van der Waals surface area contributed by atoms with E-state index in [1.165, 1.54) is 0 Å². The Balaban J connectivity index is 1.21. The zero-order chi connectivity index (χ0) is 25.8. The van der Waals surface area contributed by atoms with Gasteiger partial charge < -0.3 is 24.5 Å². The second-order valence-electron chi connectivity index (χ2n) is 9.50. The van der Waals surface area contributed by atoms with Crippen molar-refractivity contribution in [3.8, 4) is 5.75 Å². The molecule has 0 spiro atoms. The van der Waals surface area contributed by atoms with Crippen molar-refractivity contribution in [3.63, 3.8) is 0 Å². The van der Waals surface area contributed by atoms with Gasteiger partial charge in [-0.1, -0.05) is 0 Å². The van der Waals surface area contributed by atoms with Crippen molar-refractivity contribution in [3.05, 3.63) is 77.8 Å². The monoisotopic (exact) mass is 500 g/mol. The molecule has 5 rings (SSSR count). The van der Waals surface area contributed by atoms with Crippen molar-refractivity contribution in [2.45, 2.75) is 38.6 Å². The number of aromatic nitrogens is 4. The third-order valence-electron chi connectivity index (χ3n) is 6.97. The van der Waals surface area contributed by atoms with Crippen LogP contribution in [0.2, 0.25) is 0 Å². The van der Waals surface area contributed by atoms with Crippen molar-refractivity contribution >= 4 is 22.7 Å². The molecule has 0 bridgehead atoms. The summed E-state index contributed by atoms with van der Waals surface area (Å²) in [6.07, 6.45) is 7.78. The predicted molar refractivity (Wildman–Crippen MR) is 141 cm³/mol. The third-order valence-corrected chi connectivity index (χ3v) is 6.97. The number of hydrogen-bond acceptors (Lipinski definition) is 5. The Kier molecular flexibility index (Phi) is 7.20. The summed E-state index contributed by atoms with van der Waals surface area (Å²) in [4.78, 5) is 40.1. The molecule has 1 aliphatic rings. The topological polar surface area (TPSA) is 105 Å². The number of nitrogens with one attached hydrogen (secondary N) is 2. The van der Waals surface area contributed by atoms with Crippen molar-refractivity contribution in [2.75, 3.05) is 26.7 Å². The molecule has 1 aromatic carbocycles. The zero-order valence-corrected chi connectivity index (χ0v) is 21.2. The van der Waals surface area contributed by atoms with E-state index in [0.717, 1.165) is 53.8 Å². The summed E-state index contributed by atoms with van der Waals surface area (Å²) in [6, 6.07) is 11.4. The second-order valence-corrected chi connectivity index (χ2v) is 9.50. The molecule has 192 valence electrons. The average Bonchev–Trinajstić information content (AvgIpc) is 3.60. The lowest BCUT2D eigenvalue weighted by molar-refractivity contribution is 0.0705. The fourth-order valence-electron chi connectivity index (χ4n) is 4.94. The maximum absolute atomic E-state index is 13.2. The van der Waals surface area contributed by atoms with Crippen LogP contribution < -0.4 is 10.1 Å². The van der Waals surface area contributed by atoms with Crippen molar-refractivity contribution in [1.29, 1.82) is 0 Å². The summed E-state index contributed by atoms with van der Waals surface area (Å²) in [6.45, 7) is 4.55. The van der Waals surface area contributed by atoms with E-state index in [1.807, 2.05) is 59.0 Å². The molecule has 37 heavy (non-hydrogen) atoms. The molecule has 0 aliphatic carbocycles. The molecular formula is C28H32N6O3. The van der Waals surface area contributed by atoms with Crippen molar-refractivity contribution in [2.24, 2.45) is 0 Å². The number of hydrogen-bond donors (Lipinski definition) is 2. The molecule has 0 radical (unpaired) electrons. The van der Waals surface area contributed by atoms with Crippen LogP contribution in [-0.4, -0.2) is 63.0 Å². The van der Waals surface area contributed by atoms with E-state index >= 15 is 0 Å². The fourth-order valence-corrected chi connectivity index (χ4v) is 4.94. The fraction of sp³-hybridized carbons (Fsp3) is 0.357. The minimum absolute atomic E-state index is 0.0123. The number of carbonyl (C=O) groups is 2. The van der Waals surface area contributed by atoms with E-state index in [0.29, 0.717) is 30.9 Å². The number of carbonyl (C=O) groups excluding carboxylic acids is 2. The first kappa shape index (κ1) is 24.5. The van der Waals surface area contributed by atoms with Crippen LogP contribution in [0.5, 0.6) is 5.75 Å². The first-order chi connectivity index (χ1) is 18.0. The molecule has 3 aromatic heterocycles. The number of methoxy groups -OCH3 is 1. The maximum atomic E-state index is 13.2. The van der Waals surface area contributed by atoms with Gasteiger partial charge in [-0.15, -0.1) is 0 Å². The largest absolute Gasteiger partial charge is 0.497 e. The molecular weight excluding hydrogens is 468 g/mol. The van der Waals surface area contributed by atoms with Gasteiger partial charge in [-0.2, -0.15) is 0 Å². The number of likely N-dealkylation sites (tertiary alicyclic amines) is 1. The summed E-state index contributed by atoms with van der Waals surface area (Å²) in [5, 5.41) is 3.99. The van der Waals surface area contributed by atoms with Gasteiger partial charge in [-0.3, -0.25) is 14.6 Å². The first-order valence-corrected chi connectivity index (χ1v) is 12.7. The number of amides is 2. The number of ether oxygens (including phenoxy) is 1. The van der Waals surface area contributed by atoms with E-state index in [9.17, 15) is 9.59 Å². The Labute approximate surface area is 215 Å². The van der Waals surface area contributed by atoms with Gasteiger partial charge in [-0.25, -0.2) is 4.98 Å². The average molecular weight is 501 g/mol. The van der Waals surface area contributed by atoms with Gasteiger partial charge in [0.15, 0.2) is 0 Å². The number of benzene rings is 1. The molecule has 4 heterocycles. The second kappa shape index (κ2) is 10.9. The van der Waals surface area contributed by atoms with Gasteiger partial charge in [-0.05, 0) is 62.6 Å². The Bertz CT molecular complexity index is 1390. The highest BCUT2D eigenvalue weighted by Crippen LogP contribution is 2.30. The van der Waals surface area contributed by atoms with Crippen LogP contribution in [-0.2, 0) is 6.54 Å². The predicted octanol–water partition coefficient (Wildman–Crippen LogP) is 3.92. The van der Waals surface area contributed by atoms with Crippen LogP contribution >= 0.6 is 0 Å². The van der Waals surface area contributed by atoms with E-state index in [2.05, 4.69) is 15.3 Å². The van der Waals surface area contributed by atoms with Crippen molar-refractivity contribution in [1.82, 2.24) is 29.7 Å². The number of nitrogens with zero attached hydrogens (tertiary/aromatic N) is 4. The lowest BCUT2D eigenvalue weighted by Gasteiger charge is -2.32. The van der Waals surface area contributed by atoms with Gasteiger partial charge in [0.1, 0.15) is 11.4 Å². The van der Waals surface area contributed by atoms with E-state index in [-0.39, 0.29) is 17.7 Å². The Hall–Kier alpha value is -4.14. The number of aryl methyl sites for hydroxylation is 2. The van der Waals surface area contributed by atoms with Crippen LogP contribution in [0.3, 0.4) is 0 Å². The summed E-state index contributed by atoms with van der Waals surface area (Å²) < 4.78 is 7.29. The smallest absolute Gasteiger partial charge is 0.270 e. The third kappa shape index (κ3) is 5.50. The molecule has 9 heteroatoms. The number of rotatable bonds is 8. The number of aromatic amines is 1. The maximum Gasteiger partial charge on any atom is 0.270 e. The molecule has 9 nitrogen and oxygen atoms in total. The van der Waals surface area contributed by atoms with Gasteiger partial charge in [0.2, 0.25) is 0 Å². The van der Waals surface area contributed by atoms with Crippen LogP contribution in [0.15, 0.2) is 55.1 Å². The van der Waals surface area contributed by atoms with Crippen LogP contribution in [0.4, 0.5) is 0 Å². The minimum atomic E-state index is -0.0971. The quantitative estimate of drug-likeness (QED) is 0.357. The molecule has 1 saturated heterocycles. The lowest BCUT2D eigenvalue weighted by atomic mass is 9.89. The van der Waals surface area contributed by atoms with Gasteiger partial charge in [0, 0.05) is 61.1 Å². The standard InChI is InChI=1S/C28H32N6O3/c1-19-4-6-23(27(35)30-10-3-12-33-15-11-29-18-33)26(31-19)20-8-13-34(14-9-20)28(36)25-17-21-16-22(37-2)5-7-24(21)32-25/h4-7,11,15-18,20,32H,3,8-10,12-14H2,1-2H3,(H,30,35). The number of imidazole rings is 1. The molecule has 0 saturated carbocycles. The van der Waals surface area contributed by atoms with E-state index < -0.39 is 0 Å². The van der Waals surface area contributed by atoms with Gasteiger partial charge >= 0.3 is 0 Å². The van der Waals surface area contributed by atoms with Crippen LogP contribution in [0, 0.1) is 6.92 Å². The molecule has 1 fully saturated rings. The Morgan fingerprint density at radius 3 is 2.76 bits per heavy atom. The highest BCUT2D eigenvalue weighted by molar-refractivity contribution is 5.98. The molecule has 1 aliphatic heterocycles. The summed E-state index contributed by atoms with van der Waals surface area (Å²) in [5.41, 5.74) is 3.83. The minimum Gasteiger partial charge on any atom is -0.497 e. The highest BCUT2D eigenvalue weighted by Gasteiger charge is 2.29. The molecule has 4 aromatic rings. The zero-order valence-electron chi connectivity index (χ0n) is 21.2. The highest BCUT2D eigenvalue weighted by atomic mass is 16.5. The van der Waals surface area contributed by atoms with Crippen LogP contribution in [0.1, 0.15) is 57.4 Å². The molecule has 0 unspecified atom stereocenters. The summed E-state index contributed by atoms with van der Waals surface area (Å²) in [5.74, 6) is 0.777. The van der Waals surface area contributed by atoms with Crippen LogP contribution in [0.25, 0.3) is 10.9 Å². The Morgan fingerprint density at radius 2 is 2.00 bits per heavy atom. The number of fused-ring (bicyclic) bond motifs is 1. The number of piperidine rings is 1. The SMILES string of the molecule is COc1ccc2[nH]c(C(=O)N3CCC(c4nc(C)ccc4C(=O)NCCCn4ccnc4)CC3)cc2c1.